The molecule has 2 aromatic rings. The Morgan fingerprint density at radius 1 is 1.09 bits per heavy atom. The fraction of sp³-hybridized carbons (Fsp3) is 0.500. The van der Waals surface area contributed by atoms with Gasteiger partial charge in [-0.1, -0.05) is 12.1 Å². The number of carbonyl (C=O) groups is 2. The van der Waals surface area contributed by atoms with Crippen molar-refractivity contribution < 1.29 is 14.3 Å². The lowest BCUT2D eigenvalue weighted by molar-refractivity contribution is -0.131. The molecule has 0 atom stereocenters. The number of hydrogen-bond donors (Lipinski definition) is 0. The molecule has 0 spiro atoms. The Bertz CT molecular complexity index is 937. The maximum Gasteiger partial charge on any atom is 0.274 e. The van der Waals surface area contributed by atoms with Gasteiger partial charge in [0.15, 0.2) is 0 Å². The Morgan fingerprint density at radius 2 is 1.84 bits per heavy atom. The molecule has 1 saturated carbocycles. The van der Waals surface area contributed by atoms with Crippen LogP contribution in [0.25, 0.3) is 0 Å². The molecule has 1 aromatic carbocycles. The second-order valence-corrected chi connectivity index (χ2v) is 8.29. The van der Waals surface area contributed by atoms with Crippen LogP contribution in [0.3, 0.4) is 0 Å². The second-order valence-electron chi connectivity index (χ2n) is 8.29. The zero-order valence-electron chi connectivity index (χ0n) is 18.9. The van der Waals surface area contributed by atoms with Crippen LogP contribution in [0.1, 0.15) is 42.4 Å². The van der Waals surface area contributed by atoms with Gasteiger partial charge in [0.2, 0.25) is 5.91 Å². The van der Waals surface area contributed by atoms with Crippen molar-refractivity contribution in [1.82, 2.24) is 19.8 Å². The number of piperazine rings is 1. The van der Waals surface area contributed by atoms with Gasteiger partial charge in [-0.15, -0.1) is 0 Å². The van der Waals surface area contributed by atoms with E-state index in [9.17, 15) is 9.59 Å². The molecule has 1 saturated heterocycles. The van der Waals surface area contributed by atoms with Crippen molar-refractivity contribution >= 4 is 17.5 Å². The van der Waals surface area contributed by atoms with E-state index >= 15 is 0 Å². The van der Waals surface area contributed by atoms with Crippen molar-refractivity contribution in [3.05, 3.63) is 48.0 Å². The fourth-order valence-corrected chi connectivity index (χ4v) is 4.05. The van der Waals surface area contributed by atoms with Gasteiger partial charge in [0.05, 0.1) is 24.2 Å². The van der Waals surface area contributed by atoms with Gasteiger partial charge in [0.25, 0.3) is 5.91 Å². The summed E-state index contributed by atoms with van der Waals surface area (Å²) in [6, 6.07) is 8.25. The van der Waals surface area contributed by atoms with Crippen molar-refractivity contribution in [3.63, 3.8) is 0 Å². The average molecular weight is 438 g/mol. The number of aryl methyl sites for hydroxylation is 1. The summed E-state index contributed by atoms with van der Waals surface area (Å²) in [6.45, 7) is 7.73. The molecule has 8 heteroatoms. The fourth-order valence-electron chi connectivity index (χ4n) is 4.05. The van der Waals surface area contributed by atoms with Crippen LogP contribution in [0.4, 0.5) is 5.69 Å². The van der Waals surface area contributed by atoms with Crippen molar-refractivity contribution in [2.75, 3.05) is 44.2 Å². The smallest absolute Gasteiger partial charge is 0.274 e. The molecular weight excluding hydrogens is 406 g/mol. The van der Waals surface area contributed by atoms with E-state index in [2.05, 4.69) is 20.9 Å². The van der Waals surface area contributed by atoms with Gasteiger partial charge in [0.1, 0.15) is 11.4 Å². The van der Waals surface area contributed by atoms with Crippen LogP contribution in [0.2, 0.25) is 0 Å². The molecule has 1 aliphatic carbocycles. The lowest BCUT2D eigenvalue weighted by Crippen LogP contribution is -2.49. The van der Waals surface area contributed by atoms with Crippen molar-refractivity contribution in [1.29, 1.82) is 0 Å². The van der Waals surface area contributed by atoms with E-state index in [-0.39, 0.29) is 17.9 Å². The number of aromatic nitrogens is 2. The van der Waals surface area contributed by atoms with Gasteiger partial charge in [-0.3, -0.25) is 14.6 Å². The zero-order chi connectivity index (χ0) is 22.5. The van der Waals surface area contributed by atoms with E-state index in [1.165, 1.54) is 6.20 Å². The van der Waals surface area contributed by atoms with Crippen molar-refractivity contribution in [3.8, 4) is 5.75 Å². The number of benzene rings is 1. The molecular formula is C24H31N5O3. The molecule has 170 valence electrons. The number of ether oxygens (including phenoxy) is 1. The van der Waals surface area contributed by atoms with Crippen molar-refractivity contribution in [2.24, 2.45) is 0 Å². The minimum atomic E-state index is -0.134. The van der Waals surface area contributed by atoms with Gasteiger partial charge in [-0.05, 0) is 38.8 Å². The zero-order valence-corrected chi connectivity index (χ0v) is 18.9. The maximum absolute atomic E-state index is 12.9. The number of hydrogen-bond acceptors (Lipinski definition) is 6. The van der Waals surface area contributed by atoms with E-state index in [4.69, 9.17) is 4.74 Å². The van der Waals surface area contributed by atoms with Gasteiger partial charge >= 0.3 is 0 Å². The Labute approximate surface area is 189 Å². The molecule has 4 rings (SSSR count). The molecule has 2 fully saturated rings. The van der Waals surface area contributed by atoms with Crippen LogP contribution >= 0.6 is 0 Å². The minimum absolute atomic E-state index is 0.0937. The van der Waals surface area contributed by atoms with E-state index in [1.807, 2.05) is 36.9 Å². The van der Waals surface area contributed by atoms with Gasteiger partial charge in [-0.25, -0.2) is 4.98 Å². The summed E-state index contributed by atoms with van der Waals surface area (Å²) < 4.78 is 5.75. The second kappa shape index (κ2) is 9.97. The van der Waals surface area contributed by atoms with E-state index in [1.54, 1.807) is 11.1 Å². The standard InChI is InChI=1S/C24H31N5O3/c1-3-32-22-7-5-4-6-21(22)27-12-14-28(15-13-27)23(30)10-11-29(19-8-9-19)24(31)20-17-25-18(2)16-26-20/h4-7,16-17,19H,3,8-15H2,1-2H3. The predicted molar refractivity (Wildman–Crippen MR) is 122 cm³/mol. The summed E-state index contributed by atoms with van der Waals surface area (Å²) in [5.74, 6) is 0.842. The Hall–Kier alpha value is -3.16. The first-order chi connectivity index (χ1) is 15.6. The molecule has 2 heterocycles. The van der Waals surface area contributed by atoms with Gasteiger partial charge < -0.3 is 19.4 Å². The molecule has 0 bridgehead atoms. The number of carbonyl (C=O) groups excluding carboxylic acids is 2. The lowest BCUT2D eigenvalue weighted by Gasteiger charge is -2.37. The molecule has 32 heavy (non-hydrogen) atoms. The molecule has 1 aromatic heterocycles. The molecule has 2 aliphatic rings. The van der Waals surface area contributed by atoms with Gasteiger partial charge in [-0.2, -0.15) is 0 Å². The number of nitrogens with zero attached hydrogens (tertiary/aromatic N) is 5. The molecule has 2 amide bonds. The van der Waals surface area contributed by atoms with Crippen LogP contribution in [-0.2, 0) is 4.79 Å². The summed E-state index contributed by atoms with van der Waals surface area (Å²) >= 11 is 0. The largest absolute Gasteiger partial charge is 0.492 e. The van der Waals surface area contributed by atoms with Gasteiger partial charge in [0, 0.05) is 51.4 Å². The van der Waals surface area contributed by atoms with E-state index in [0.717, 1.165) is 43.1 Å². The lowest BCUT2D eigenvalue weighted by atomic mass is 10.2. The van der Waals surface area contributed by atoms with Crippen LogP contribution in [0, 0.1) is 6.92 Å². The molecule has 1 aliphatic heterocycles. The number of amides is 2. The minimum Gasteiger partial charge on any atom is -0.492 e. The number of para-hydroxylation sites is 2. The highest BCUT2D eigenvalue weighted by molar-refractivity contribution is 5.92. The molecule has 0 radical (unpaired) electrons. The Kier molecular flexibility index (Phi) is 6.87. The normalized spacial score (nSPS) is 16.1. The van der Waals surface area contributed by atoms with Crippen LogP contribution in [0.5, 0.6) is 5.75 Å². The highest BCUT2D eigenvalue weighted by Crippen LogP contribution is 2.30. The third-order valence-electron chi connectivity index (χ3n) is 5.95. The van der Waals surface area contributed by atoms with Crippen LogP contribution in [-0.4, -0.2) is 77.0 Å². The van der Waals surface area contributed by atoms with E-state index in [0.29, 0.717) is 38.4 Å². The van der Waals surface area contributed by atoms with Crippen LogP contribution in [0.15, 0.2) is 36.7 Å². The molecule has 8 nitrogen and oxygen atoms in total. The van der Waals surface area contributed by atoms with Crippen LogP contribution < -0.4 is 9.64 Å². The maximum atomic E-state index is 12.9. The first kappa shape index (κ1) is 22.0. The topological polar surface area (TPSA) is 78.9 Å². The summed E-state index contributed by atoms with van der Waals surface area (Å²) in [5, 5.41) is 0. The Morgan fingerprint density at radius 3 is 2.50 bits per heavy atom. The number of rotatable bonds is 8. The van der Waals surface area contributed by atoms with Crippen molar-refractivity contribution in [2.45, 2.75) is 39.2 Å². The summed E-state index contributed by atoms with van der Waals surface area (Å²) in [6.07, 6.45) is 5.42. The first-order valence-corrected chi connectivity index (χ1v) is 11.4. The monoisotopic (exact) mass is 437 g/mol. The molecule has 0 unspecified atom stereocenters. The average Bonchev–Trinajstić information content (AvgIpc) is 3.65. The third-order valence-corrected chi connectivity index (χ3v) is 5.95. The molecule has 0 N–H and O–H groups in total. The van der Waals surface area contributed by atoms with E-state index < -0.39 is 0 Å². The highest BCUT2D eigenvalue weighted by atomic mass is 16.5. The third kappa shape index (κ3) is 5.18. The predicted octanol–water partition coefficient (Wildman–Crippen LogP) is 2.53. The summed E-state index contributed by atoms with van der Waals surface area (Å²) in [4.78, 5) is 40.1. The first-order valence-electron chi connectivity index (χ1n) is 11.4. The summed E-state index contributed by atoms with van der Waals surface area (Å²) in [7, 11) is 0. The SMILES string of the molecule is CCOc1ccccc1N1CCN(C(=O)CCN(C(=O)c2cnc(C)cn2)C2CC2)CC1. The summed E-state index contributed by atoms with van der Waals surface area (Å²) in [5.41, 5.74) is 2.19. The number of anilines is 1. The quantitative estimate of drug-likeness (QED) is 0.632. The Balaban J connectivity index is 1.31. The highest BCUT2D eigenvalue weighted by Gasteiger charge is 2.34.